The lowest BCUT2D eigenvalue weighted by Gasteiger charge is -2.21. The maximum absolute atomic E-state index is 12.3. The monoisotopic (exact) mass is 419 g/mol. The number of aromatic hydroxyl groups is 1. The van der Waals surface area contributed by atoms with Gasteiger partial charge in [-0.1, -0.05) is 44.2 Å². The number of pyridine rings is 1. The number of rotatable bonds is 5. The van der Waals surface area contributed by atoms with E-state index >= 15 is 0 Å². The zero-order valence-electron chi connectivity index (χ0n) is 16.8. The fraction of sp³-hybridized carbons (Fsp3) is 0.320. The van der Waals surface area contributed by atoms with Crippen molar-refractivity contribution in [2.75, 3.05) is 6.61 Å². The Bertz CT molecular complexity index is 1230. The molecular weight excluding hydrogens is 394 g/mol. The summed E-state index contributed by atoms with van der Waals surface area (Å²) in [5.74, 6) is 1.86. The number of aromatic amines is 1. The van der Waals surface area contributed by atoms with Gasteiger partial charge in [0.25, 0.3) is 5.56 Å². The predicted molar refractivity (Wildman–Crippen MR) is 124 cm³/mol. The highest BCUT2D eigenvalue weighted by molar-refractivity contribution is 7.17. The molecule has 2 aromatic heterocycles. The molecule has 30 heavy (non-hydrogen) atoms. The number of aromatic nitrogens is 1. The molecule has 0 unspecified atom stereocenters. The Kier molecular flexibility index (Phi) is 5.21. The van der Waals surface area contributed by atoms with Gasteiger partial charge in [0, 0.05) is 21.9 Å². The van der Waals surface area contributed by atoms with Gasteiger partial charge in [-0.25, -0.2) is 0 Å². The van der Waals surface area contributed by atoms with Gasteiger partial charge in [-0.2, -0.15) is 0 Å². The Hall–Kier alpha value is -2.79. The van der Waals surface area contributed by atoms with Crippen molar-refractivity contribution < 1.29 is 9.84 Å². The normalized spacial score (nSPS) is 15.1. The minimum atomic E-state index is -0.0918. The van der Waals surface area contributed by atoms with Crippen LogP contribution < -0.4 is 10.3 Å². The fourth-order valence-corrected chi connectivity index (χ4v) is 5.46. The van der Waals surface area contributed by atoms with Crippen molar-refractivity contribution in [3.05, 3.63) is 58.2 Å². The van der Waals surface area contributed by atoms with Crippen LogP contribution in [0.15, 0.2) is 52.6 Å². The SMILES string of the molecule is O=c1[nH]c2ccc(O)c(-c3ccc(OCCC4CCCCC4)cc3)c2c2ccsc12. The van der Waals surface area contributed by atoms with Gasteiger partial charge >= 0.3 is 0 Å². The van der Waals surface area contributed by atoms with Crippen molar-refractivity contribution >= 4 is 32.3 Å². The highest BCUT2D eigenvalue weighted by atomic mass is 32.1. The minimum absolute atomic E-state index is 0.0918. The third-order valence-corrected chi connectivity index (χ3v) is 7.15. The van der Waals surface area contributed by atoms with Crippen LogP contribution >= 0.6 is 11.3 Å². The van der Waals surface area contributed by atoms with Crippen molar-refractivity contribution in [2.24, 2.45) is 5.92 Å². The Labute approximate surface area is 179 Å². The molecule has 2 N–H and O–H groups in total. The molecular formula is C25H25NO3S. The maximum Gasteiger partial charge on any atom is 0.266 e. The molecule has 0 aliphatic heterocycles. The van der Waals surface area contributed by atoms with Crippen molar-refractivity contribution in [1.82, 2.24) is 4.98 Å². The zero-order chi connectivity index (χ0) is 20.5. The average molecular weight is 420 g/mol. The maximum atomic E-state index is 12.3. The summed E-state index contributed by atoms with van der Waals surface area (Å²) in [6.45, 7) is 0.750. The number of phenolic OH excluding ortho intramolecular Hbond substituents is 1. The molecule has 0 spiro atoms. The highest BCUT2D eigenvalue weighted by Gasteiger charge is 2.16. The molecule has 0 bridgehead atoms. The van der Waals surface area contributed by atoms with E-state index < -0.39 is 0 Å². The molecule has 5 rings (SSSR count). The molecule has 2 aromatic carbocycles. The lowest BCUT2D eigenvalue weighted by atomic mass is 9.87. The number of fused-ring (bicyclic) bond motifs is 3. The standard InChI is InChI=1S/C25H25NO3S/c27-21-11-10-20-23(19-13-15-30-24(19)25(28)26-20)22(21)17-6-8-18(9-7-17)29-14-12-16-4-2-1-3-5-16/h6-11,13,15-16,27H,1-5,12,14H2,(H,26,28). The molecule has 0 radical (unpaired) electrons. The van der Waals surface area contributed by atoms with Gasteiger partial charge < -0.3 is 14.8 Å². The van der Waals surface area contributed by atoms with Crippen LogP contribution in [0.3, 0.4) is 0 Å². The smallest absolute Gasteiger partial charge is 0.266 e. The lowest BCUT2D eigenvalue weighted by molar-refractivity contribution is 0.246. The van der Waals surface area contributed by atoms with Gasteiger partial charge in [0.2, 0.25) is 0 Å². The first-order valence-corrected chi connectivity index (χ1v) is 11.6. The first kappa shape index (κ1) is 19.2. The third kappa shape index (κ3) is 3.58. The van der Waals surface area contributed by atoms with E-state index in [2.05, 4.69) is 4.98 Å². The van der Waals surface area contributed by atoms with Crippen molar-refractivity contribution in [2.45, 2.75) is 38.5 Å². The summed E-state index contributed by atoms with van der Waals surface area (Å²) < 4.78 is 6.66. The number of hydrogen-bond donors (Lipinski definition) is 2. The van der Waals surface area contributed by atoms with Crippen LogP contribution in [0.25, 0.3) is 32.1 Å². The van der Waals surface area contributed by atoms with Crippen LogP contribution in [-0.4, -0.2) is 16.7 Å². The summed E-state index contributed by atoms with van der Waals surface area (Å²) in [6, 6.07) is 13.2. The molecule has 154 valence electrons. The second kappa shape index (κ2) is 8.15. The largest absolute Gasteiger partial charge is 0.507 e. The first-order chi connectivity index (χ1) is 14.7. The first-order valence-electron chi connectivity index (χ1n) is 10.7. The van der Waals surface area contributed by atoms with E-state index in [1.165, 1.54) is 43.4 Å². The summed E-state index contributed by atoms with van der Waals surface area (Å²) in [5, 5.41) is 14.3. The summed E-state index contributed by atoms with van der Waals surface area (Å²) in [5.41, 5.74) is 2.27. The Morgan fingerprint density at radius 1 is 1.03 bits per heavy atom. The Balaban J connectivity index is 1.43. The van der Waals surface area contributed by atoms with Gasteiger partial charge in [-0.05, 0) is 53.6 Å². The minimum Gasteiger partial charge on any atom is -0.507 e. The highest BCUT2D eigenvalue weighted by Crippen LogP contribution is 2.40. The molecule has 1 saturated carbocycles. The third-order valence-electron chi connectivity index (χ3n) is 6.23. The van der Waals surface area contributed by atoms with E-state index in [0.717, 1.165) is 52.1 Å². The lowest BCUT2D eigenvalue weighted by Crippen LogP contribution is -2.10. The van der Waals surface area contributed by atoms with Gasteiger partial charge in [0.1, 0.15) is 16.2 Å². The van der Waals surface area contributed by atoms with E-state index in [0.29, 0.717) is 4.70 Å². The Morgan fingerprint density at radius 3 is 2.63 bits per heavy atom. The summed E-state index contributed by atoms with van der Waals surface area (Å²) in [6.07, 6.45) is 7.89. The predicted octanol–water partition coefficient (Wildman–Crippen LogP) is 6.46. The molecule has 0 saturated heterocycles. The van der Waals surface area contributed by atoms with Crippen molar-refractivity contribution in [3.63, 3.8) is 0 Å². The summed E-state index contributed by atoms with van der Waals surface area (Å²) in [4.78, 5) is 15.3. The van der Waals surface area contributed by atoms with Crippen LogP contribution in [-0.2, 0) is 0 Å². The van der Waals surface area contributed by atoms with E-state index in [1.807, 2.05) is 35.7 Å². The van der Waals surface area contributed by atoms with Gasteiger partial charge in [0.05, 0.1) is 6.61 Å². The average Bonchev–Trinajstić information content (AvgIpc) is 3.27. The molecule has 0 amide bonds. The number of H-pyrrole nitrogens is 1. The molecule has 5 heteroatoms. The fourth-order valence-electron chi connectivity index (χ4n) is 4.67. The van der Waals surface area contributed by atoms with Crippen molar-refractivity contribution in [1.29, 1.82) is 0 Å². The molecule has 4 nitrogen and oxygen atoms in total. The Morgan fingerprint density at radius 2 is 1.83 bits per heavy atom. The zero-order valence-corrected chi connectivity index (χ0v) is 17.6. The molecule has 4 aromatic rings. The van der Waals surface area contributed by atoms with Crippen LogP contribution in [0.2, 0.25) is 0 Å². The summed E-state index contributed by atoms with van der Waals surface area (Å²) in [7, 11) is 0. The van der Waals surface area contributed by atoms with Crippen LogP contribution in [0.5, 0.6) is 11.5 Å². The summed E-state index contributed by atoms with van der Waals surface area (Å²) >= 11 is 1.42. The second-order valence-corrected chi connectivity index (χ2v) is 9.08. The second-order valence-electron chi connectivity index (χ2n) is 8.17. The van der Waals surface area contributed by atoms with E-state index in [9.17, 15) is 9.90 Å². The molecule has 2 heterocycles. The number of hydrogen-bond acceptors (Lipinski definition) is 4. The van der Waals surface area contributed by atoms with Gasteiger partial charge in [0.15, 0.2) is 0 Å². The number of benzene rings is 2. The number of phenols is 1. The topological polar surface area (TPSA) is 62.3 Å². The quantitative estimate of drug-likeness (QED) is 0.390. The van der Waals surface area contributed by atoms with E-state index in [4.69, 9.17) is 4.74 Å². The molecule has 0 atom stereocenters. The van der Waals surface area contributed by atoms with E-state index in [-0.39, 0.29) is 11.3 Å². The van der Waals surface area contributed by atoms with Crippen molar-refractivity contribution in [3.8, 4) is 22.6 Å². The van der Waals surface area contributed by atoms with E-state index in [1.54, 1.807) is 12.1 Å². The van der Waals surface area contributed by atoms with Crippen LogP contribution in [0, 0.1) is 5.92 Å². The number of ether oxygens (including phenoxy) is 1. The molecule has 1 fully saturated rings. The van der Waals surface area contributed by atoms with Crippen LogP contribution in [0.4, 0.5) is 0 Å². The molecule has 1 aliphatic carbocycles. The van der Waals surface area contributed by atoms with Gasteiger partial charge in [-0.3, -0.25) is 4.79 Å². The number of nitrogens with one attached hydrogen (secondary N) is 1. The van der Waals surface area contributed by atoms with Crippen LogP contribution in [0.1, 0.15) is 38.5 Å². The molecule has 1 aliphatic rings. The number of thiophene rings is 1. The van der Waals surface area contributed by atoms with Gasteiger partial charge in [-0.15, -0.1) is 11.3 Å².